The van der Waals surface area contributed by atoms with Gasteiger partial charge >= 0.3 is 0 Å². The van der Waals surface area contributed by atoms with Crippen LogP contribution in [-0.4, -0.2) is 0 Å². The summed E-state index contributed by atoms with van der Waals surface area (Å²) in [6, 6.07) is 7.12. The first-order chi connectivity index (χ1) is 5.72. The summed E-state index contributed by atoms with van der Waals surface area (Å²) in [6.45, 7) is 4.41. The maximum absolute atomic E-state index is 10.8. The Morgan fingerprint density at radius 3 is 2.33 bits per heavy atom. The topological polar surface area (TPSA) is 19.9 Å². The van der Waals surface area contributed by atoms with E-state index < -0.39 is 0 Å². The molecule has 0 saturated carbocycles. The number of rotatable bonds is 3. The average molecular weight is 163 g/mol. The summed E-state index contributed by atoms with van der Waals surface area (Å²) in [7, 11) is 0. The standard InChI is InChI=1S/C11H15O/c1-3-9(2)8-10-4-6-11(12)7-5-10/h4-7,9H,3,8H2,1-2H3. The first-order valence-electron chi connectivity index (χ1n) is 4.48. The Balaban J connectivity index is 2.58. The van der Waals surface area contributed by atoms with Crippen LogP contribution in [-0.2, 0) is 11.5 Å². The van der Waals surface area contributed by atoms with Crippen LogP contribution in [0.25, 0.3) is 0 Å². The van der Waals surface area contributed by atoms with Crippen molar-refractivity contribution in [1.82, 2.24) is 0 Å². The fourth-order valence-corrected chi connectivity index (χ4v) is 1.17. The van der Waals surface area contributed by atoms with Gasteiger partial charge in [0.15, 0.2) is 5.75 Å². The van der Waals surface area contributed by atoms with E-state index in [9.17, 15) is 5.11 Å². The summed E-state index contributed by atoms with van der Waals surface area (Å²) in [6.07, 6.45) is 2.27. The Morgan fingerprint density at radius 1 is 1.25 bits per heavy atom. The quantitative estimate of drug-likeness (QED) is 0.650. The van der Waals surface area contributed by atoms with E-state index in [-0.39, 0.29) is 5.75 Å². The zero-order valence-corrected chi connectivity index (χ0v) is 7.71. The largest absolute Gasteiger partial charge is 0.290 e. The Kier molecular flexibility index (Phi) is 3.15. The van der Waals surface area contributed by atoms with Gasteiger partial charge in [0.05, 0.1) is 0 Å². The summed E-state index contributed by atoms with van der Waals surface area (Å²) >= 11 is 0. The third kappa shape index (κ3) is 2.57. The Morgan fingerprint density at radius 2 is 1.83 bits per heavy atom. The van der Waals surface area contributed by atoms with Crippen LogP contribution in [0.15, 0.2) is 24.3 Å². The van der Waals surface area contributed by atoms with Gasteiger partial charge in [0.2, 0.25) is 0 Å². The van der Waals surface area contributed by atoms with Crippen LogP contribution in [0.1, 0.15) is 25.8 Å². The molecule has 0 N–H and O–H groups in total. The van der Waals surface area contributed by atoms with E-state index in [0.717, 1.165) is 6.42 Å². The molecule has 1 nitrogen and oxygen atoms in total. The lowest BCUT2D eigenvalue weighted by Crippen LogP contribution is -1.96. The Labute approximate surface area is 74.1 Å². The number of hydrogen-bond donors (Lipinski definition) is 0. The molecule has 1 atom stereocenters. The van der Waals surface area contributed by atoms with Crippen molar-refractivity contribution in [1.29, 1.82) is 0 Å². The van der Waals surface area contributed by atoms with Gasteiger partial charge in [-0.3, -0.25) is 5.11 Å². The highest BCUT2D eigenvalue weighted by Crippen LogP contribution is 2.15. The minimum absolute atomic E-state index is 0.0999. The molecule has 0 aliphatic rings. The van der Waals surface area contributed by atoms with E-state index in [0.29, 0.717) is 5.92 Å². The van der Waals surface area contributed by atoms with Crippen LogP contribution in [0.2, 0.25) is 0 Å². The predicted octanol–water partition coefficient (Wildman–Crippen LogP) is 3.42. The van der Waals surface area contributed by atoms with Gasteiger partial charge in [0.25, 0.3) is 0 Å². The molecule has 65 valence electrons. The number of benzene rings is 1. The molecule has 0 heterocycles. The van der Waals surface area contributed by atoms with Crippen molar-refractivity contribution in [3.05, 3.63) is 29.8 Å². The van der Waals surface area contributed by atoms with Crippen molar-refractivity contribution in [2.75, 3.05) is 0 Å². The molecule has 0 bridgehead atoms. The molecule has 1 radical (unpaired) electrons. The lowest BCUT2D eigenvalue weighted by molar-refractivity contribution is 0.354. The van der Waals surface area contributed by atoms with E-state index in [1.165, 1.54) is 12.0 Å². The summed E-state index contributed by atoms with van der Waals surface area (Å²) in [4.78, 5) is 0. The first-order valence-corrected chi connectivity index (χ1v) is 4.48. The lowest BCUT2D eigenvalue weighted by Gasteiger charge is -2.07. The molecule has 0 aliphatic carbocycles. The normalized spacial score (nSPS) is 12.8. The van der Waals surface area contributed by atoms with Crippen molar-refractivity contribution in [3.8, 4) is 5.75 Å². The highest BCUT2D eigenvalue weighted by molar-refractivity contribution is 5.25. The minimum atomic E-state index is 0.0999. The zero-order valence-electron chi connectivity index (χ0n) is 7.71. The molecular weight excluding hydrogens is 148 g/mol. The summed E-state index contributed by atoms with van der Waals surface area (Å²) in [5, 5.41) is 10.8. The van der Waals surface area contributed by atoms with E-state index in [1.807, 2.05) is 12.1 Å². The van der Waals surface area contributed by atoms with Crippen LogP contribution in [0.3, 0.4) is 0 Å². The fourth-order valence-electron chi connectivity index (χ4n) is 1.17. The van der Waals surface area contributed by atoms with Crippen LogP contribution in [0, 0.1) is 5.92 Å². The van der Waals surface area contributed by atoms with Gasteiger partial charge in [-0.1, -0.05) is 32.4 Å². The average Bonchev–Trinajstić information content (AvgIpc) is 2.09. The van der Waals surface area contributed by atoms with Crippen molar-refractivity contribution in [2.24, 2.45) is 5.92 Å². The van der Waals surface area contributed by atoms with Crippen LogP contribution in [0.5, 0.6) is 5.75 Å². The predicted molar refractivity (Wildman–Crippen MR) is 49.7 cm³/mol. The number of hydrogen-bond acceptors (Lipinski definition) is 0. The van der Waals surface area contributed by atoms with E-state index in [4.69, 9.17) is 0 Å². The van der Waals surface area contributed by atoms with Gasteiger partial charge in [-0.05, 0) is 30.0 Å². The molecule has 0 saturated heterocycles. The van der Waals surface area contributed by atoms with Gasteiger partial charge in [0.1, 0.15) is 0 Å². The molecule has 1 aromatic rings. The van der Waals surface area contributed by atoms with Crippen molar-refractivity contribution >= 4 is 0 Å². The molecule has 0 fully saturated rings. The SMILES string of the molecule is CCC(C)Cc1ccc([O])cc1. The monoisotopic (exact) mass is 163 g/mol. The van der Waals surface area contributed by atoms with Gasteiger partial charge in [-0.25, -0.2) is 0 Å². The third-order valence-corrected chi connectivity index (χ3v) is 2.20. The molecule has 12 heavy (non-hydrogen) atoms. The van der Waals surface area contributed by atoms with Crippen molar-refractivity contribution < 1.29 is 5.11 Å². The summed E-state index contributed by atoms with van der Waals surface area (Å²) < 4.78 is 0. The Hall–Kier alpha value is -0.980. The maximum Gasteiger partial charge on any atom is 0.178 e. The second kappa shape index (κ2) is 4.15. The molecule has 0 spiro atoms. The maximum atomic E-state index is 10.8. The molecule has 0 amide bonds. The fraction of sp³-hybridized carbons (Fsp3) is 0.455. The van der Waals surface area contributed by atoms with Gasteiger partial charge in [0, 0.05) is 0 Å². The molecular formula is C11H15O. The molecule has 0 aliphatic heterocycles. The van der Waals surface area contributed by atoms with Crippen LogP contribution in [0.4, 0.5) is 0 Å². The van der Waals surface area contributed by atoms with E-state index in [2.05, 4.69) is 13.8 Å². The van der Waals surface area contributed by atoms with Crippen molar-refractivity contribution in [2.45, 2.75) is 26.7 Å². The van der Waals surface area contributed by atoms with Crippen LogP contribution >= 0.6 is 0 Å². The van der Waals surface area contributed by atoms with Crippen molar-refractivity contribution in [3.63, 3.8) is 0 Å². The molecule has 1 heteroatoms. The van der Waals surface area contributed by atoms with E-state index >= 15 is 0 Å². The van der Waals surface area contributed by atoms with Crippen LogP contribution < -0.4 is 0 Å². The first kappa shape index (κ1) is 9.11. The van der Waals surface area contributed by atoms with E-state index in [1.54, 1.807) is 12.1 Å². The highest BCUT2D eigenvalue weighted by Gasteiger charge is 2.00. The molecule has 1 aromatic carbocycles. The van der Waals surface area contributed by atoms with Gasteiger partial charge in [-0.2, -0.15) is 0 Å². The highest BCUT2D eigenvalue weighted by atomic mass is 16.3. The second-order valence-corrected chi connectivity index (χ2v) is 3.36. The molecule has 0 aromatic heterocycles. The molecule has 1 rings (SSSR count). The van der Waals surface area contributed by atoms with Gasteiger partial charge in [-0.15, -0.1) is 0 Å². The smallest absolute Gasteiger partial charge is 0.178 e. The Bertz CT molecular complexity index is 225. The summed E-state index contributed by atoms with van der Waals surface area (Å²) in [5.74, 6) is 0.811. The summed E-state index contributed by atoms with van der Waals surface area (Å²) in [5.41, 5.74) is 1.27. The third-order valence-electron chi connectivity index (χ3n) is 2.20. The van der Waals surface area contributed by atoms with Gasteiger partial charge < -0.3 is 0 Å². The minimum Gasteiger partial charge on any atom is -0.290 e. The zero-order chi connectivity index (χ0) is 8.97. The second-order valence-electron chi connectivity index (χ2n) is 3.36. The lowest BCUT2D eigenvalue weighted by atomic mass is 9.99. The molecule has 1 unspecified atom stereocenters.